The van der Waals surface area contributed by atoms with E-state index in [1.54, 1.807) is 0 Å². The maximum absolute atomic E-state index is 5.72. The number of ether oxygens (including phenoxy) is 2. The van der Waals surface area contributed by atoms with Crippen LogP contribution in [-0.2, 0) is 6.54 Å². The van der Waals surface area contributed by atoms with Gasteiger partial charge in [0, 0.05) is 19.0 Å². The van der Waals surface area contributed by atoms with Gasteiger partial charge >= 0.3 is 0 Å². The minimum Gasteiger partial charge on any atom is -0.486 e. The number of para-hydroxylation sites is 2. The van der Waals surface area contributed by atoms with Gasteiger partial charge in [-0.2, -0.15) is 0 Å². The molecule has 2 aliphatic heterocycles. The number of fused-ring (bicyclic) bond motifs is 2. The molecule has 1 fully saturated rings. The van der Waals surface area contributed by atoms with Crippen molar-refractivity contribution in [3.8, 4) is 11.5 Å². The Bertz CT molecular complexity index is 888. The van der Waals surface area contributed by atoms with Gasteiger partial charge in [0.1, 0.15) is 19.0 Å². The molecule has 5 rings (SSSR count). The molecule has 0 bridgehead atoms. The molecule has 3 aromatic rings. The molecule has 1 atom stereocenters. The SMILES string of the molecule is c1ccc2[nH]c(C3CCCN(Cc4ccc5c(c4)OCCO5)C3)nc2c1. The molecule has 2 aliphatic rings. The van der Waals surface area contributed by atoms with Gasteiger partial charge in [0.2, 0.25) is 0 Å². The fourth-order valence-electron chi connectivity index (χ4n) is 4.03. The Hall–Kier alpha value is -2.53. The Morgan fingerprint density at radius 2 is 1.96 bits per heavy atom. The number of hydrogen-bond donors (Lipinski definition) is 1. The van der Waals surface area contributed by atoms with Crippen LogP contribution in [0.25, 0.3) is 11.0 Å². The molecule has 1 unspecified atom stereocenters. The molecule has 0 amide bonds. The van der Waals surface area contributed by atoms with Gasteiger partial charge in [0.25, 0.3) is 0 Å². The highest BCUT2D eigenvalue weighted by atomic mass is 16.6. The first-order chi connectivity index (χ1) is 12.8. The summed E-state index contributed by atoms with van der Waals surface area (Å²) in [5.41, 5.74) is 3.47. The van der Waals surface area contributed by atoms with Gasteiger partial charge in [-0.3, -0.25) is 4.90 Å². The number of benzene rings is 2. The second-order valence-electron chi connectivity index (χ2n) is 7.19. The molecule has 26 heavy (non-hydrogen) atoms. The second-order valence-corrected chi connectivity index (χ2v) is 7.19. The largest absolute Gasteiger partial charge is 0.486 e. The van der Waals surface area contributed by atoms with Crippen LogP contribution in [0.4, 0.5) is 0 Å². The summed E-state index contributed by atoms with van der Waals surface area (Å²) in [5, 5.41) is 0. The van der Waals surface area contributed by atoms with Crippen LogP contribution in [0.5, 0.6) is 11.5 Å². The summed E-state index contributed by atoms with van der Waals surface area (Å²) in [7, 11) is 0. The molecular weight excluding hydrogens is 326 g/mol. The molecule has 1 N–H and O–H groups in total. The van der Waals surface area contributed by atoms with E-state index in [1.807, 2.05) is 12.1 Å². The number of imidazole rings is 1. The van der Waals surface area contributed by atoms with Gasteiger partial charge < -0.3 is 14.5 Å². The third-order valence-electron chi connectivity index (χ3n) is 5.31. The molecular formula is C21H23N3O2. The lowest BCUT2D eigenvalue weighted by atomic mass is 9.97. The number of piperidine rings is 1. The summed E-state index contributed by atoms with van der Waals surface area (Å²) in [6.45, 7) is 4.37. The van der Waals surface area contributed by atoms with E-state index in [9.17, 15) is 0 Å². The summed E-state index contributed by atoms with van der Waals surface area (Å²) in [4.78, 5) is 10.9. The molecule has 5 heteroatoms. The van der Waals surface area contributed by atoms with Crippen molar-refractivity contribution < 1.29 is 9.47 Å². The molecule has 5 nitrogen and oxygen atoms in total. The van der Waals surface area contributed by atoms with Crippen molar-refractivity contribution in [3.63, 3.8) is 0 Å². The normalized spacial score (nSPS) is 20.4. The zero-order valence-corrected chi connectivity index (χ0v) is 14.8. The van der Waals surface area contributed by atoms with E-state index in [1.165, 1.54) is 18.4 Å². The second kappa shape index (κ2) is 6.65. The van der Waals surface area contributed by atoms with Crippen LogP contribution in [-0.4, -0.2) is 41.2 Å². The predicted molar refractivity (Wildman–Crippen MR) is 101 cm³/mol. The van der Waals surface area contributed by atoms with Crippen molar-refractivity contribution in [1.29, 1.82) is 0 Å². The van der Waals surface area contributed by atoms with E-state index in [4.69, 9.17) is 14.5 Å². The Balaban J connectivity index is 1.31. The maximum Gasteiger partial charge on any atom is 0.161 e. The number of hydrogen-bond acceptors (Lipinski definition) is 4. The van der Waals surface area contributed by atoms with E-state index in [2.05, 4.69) is 40.2 Å². The molecule has 1 saturated heterocycles. The average Bonchev–Trinajstić information content (AvgIpc) is 3.12. The minimum absolute atomic E-state index is 0.466. The summed E-state index contributed by atoms with van der Waals surface area (Å²) < 4.78 is 11.3. The van der Waals surface area contributed by atoms with Crippen LogP contribution < -0.4 is 9.47 Å². The predicted octanol–water partition coefficient (Wildman–Crippen LogP) is 3.71. The smallest absolute Gasteiger partial charge is 0.161 e. The van der Waals surface area contributed by atoms with Gasteiger partial charge in [0.15, 0.2) is 11.5 Å². The van der Waals surface area contributed by atoms with Crippen molar-refractivity contribution in [2.24, 2.45) is 0 Å². The number of nitrogens with one attached hydrogen (secondary N) is 1. The summed E-state index contributed by atoms with van der Waals surface area (Å²) in [6.07, 6.45) is 2.39. The minimum atomic E-state index is 0.466. The molecule has 0 spiro atoms. The Morgan fingerprint density at radius 3 is 2.88 bits per heavy atom. The Labute approximate surface area is 152 Å². The van der Waals surface area contributed by atoms with E-state index >= 15 is 0 Å². The van der Waals surface area contributed by atoms with Crippen molar-refractivity contribution in [3.05, 3.63) is 53.9 Å². The zero-order valence-electron chi connectivity index (χ0n) is 14.8. The van der Waals surface area contributed by atoms with Gasteiger partial charge in [-0.1, -0.05) is 18.2 Å². The number of H-pyrrole nitrogens is 1. The third-order valence-corrected chi connectivity index (χ3v) is 5.31. The highest BCUT2D eigenvalue weighted by Gasteiger charge is 2.24. The van der Waals surface area contributed by atoms with Crippen LogP contribution in [0.2, 0.25) is 0 Å². The lowest BCUT2D eigenvalue weighted by Gasteiger charge is -2.32. The molecule has 1 aromatic heterocycles. The maximum atomic E-state index is 5.72. The van der Waals surface area contributed by atoms with Gasteiger partial charge in [-0.25, -0.2) is 4.98 Å². The van der Waals surface area contributed by atoms with Crippen LogP contribution in [0, 0.1) is 0 Å². The molecule has 3 heterocycles. The summed E-state index contributed by atoms with van der Waals surface area (Å²) in [5.74, 6) is 3.32. The van der Waals surface area contributed by atoms with E-state index < -0.39 is 0 Å². The highest BCUT2D eigenvalue weighted by molar-refractivity contribution is 5.74. The quantitative estimate of drug-likeness (QED) is 0.783. The first-order valence-corrected chi connectivity index (χ1v) is 9.41. The topological polar surface area (TPSA) is 50.4 Å². The van der Waals surface area contributed by atoms with Crippen molar-refractivity contribution in [1.82, 2.24) is 14.9 Å². The third kappa shape index (κ3) is 3.03. The molecule has 0 saturated carbocycles. The zero-order chi connectivity index (χ0) is 17.3. The summed E-state index contributed by atoms with van der Waals surface area (Å²) in [6, 6.07) is 14.6. The monoisotopic (exact) mass is 349 g/mol. The number of nitrogens with zero attached hydrogens (tertiary/aromatic N) is 2. The van der Waals surface area contributed by atoms with Crippen LogP contribution >= 0.6 is 0 Å². The summed E-state index contributed by atoms with van der Waals surface area (Å²) >= 11 is 0. The Morgan fingerprint density at radius 1 is 1.08 bits per heavy atom. The van der Waals surface area contributed by atoms with E-state index in [0.717, 1.165) is 48.0 Å². The van der Waals surface area contributed by atoms with Gasteiger partial charge in [0.05, 0.1) is 11.0 Å². The van der Waals surface area contributed by atoms with E-state index in [0.29, 0.717) is 19.1 Å². The standard InChI is InChI=1S/C21H23N3O2/c1-2-6-18-17(5-1)22-21(23-18)16-4-3-9-24(14-16)13-15-7-8-19-20(12-15)26-11-10-25-19/h1-2,5-8,12,16H,3-4,9-11,13-14H2,(H,22,23). The average molecular weight is 349 g/mol. The van der Waals surface area contributed by atoms with E-state index in [-0.39, 0.29) is 0 Å². The van der Waals surface area contributed by atoms with Crippen LogP contribution in [0.3, 0.4) is 0 Å². The lowest BCUT2D eigenvalue weighted by Crippen LogP contribution is -2.34. The molecule has 0 aliphatic carbocycles. The fourth-order valence-corrected chi connectivity index (χ4v) is 4.03. The van der Waals surface area contributed by atoms with Crippen molar-refractivity contribution >= 4 is 11.0 Å². The fraction of sp³-hybridized carbons (Fsp3) is 0.381. The Kier molecular flexibility index (Phi) is 4.02. The van der Waals surface area contributed by atoms with Crippen LogP contribution in [0.1, 0.15) is 30.1 Å². The number of likely N-dealkylation sites (tertiary alicyclic amines) is 1. The number of rotatable bonds is 3. The van der Waals surface area contributed by atoms with Gasteiger partial charge in [-0.05, 0) is 49.2 Å². The highest BCUT2D eigenvalue weighted by Crippen LogP contribution is 2.32. The molecule has 134 valence electrons. The molecule has 2 aromatic carbocycles. The lowest BCUT2D eigenvalue weighted by molar-refractivity contribution is 0.170. The van der Waals surface area contributed by atoms with Gasteiger partial charge in [-0.15, -0.1) is 0 Å². The first-order valence-electron chi connectivity index (χ1n) is 9.41. The number of aromatic amines is 1. The van der Waals surface area contributed by atoms with Crippen LogP contribution in [0.15, 0.2) is 42.5 Å². The van der Waals surface area contributed by atoms with Crippen molar-refractivity contribution in [2.75, 3.05) is 26.3 Å². The van der Waals surface area contributed by atoms with Crippen molar-refractivity contribution in [2.45, 2.75) is 25.3 Å². The first kappa shape index (κ1) is 15.7. The molecule has 0 radical (unpaired) electrons. The number of aromatic nitrogens is 2.